The molecule has 0 aromatic heterocycles. The second-order valence-corrected chi connectivity index (χ2v) is 17.0. The van der Waals surface area contributed by atoms with Crippen LogP contribution in [-0.4, -0.2) is 147 Å². The minimum absolute atomic E-state index is 0.0183. The third-order valence-electron chi connectivity index (χ3n) is 12.1. The fourth-order valence-electron chi connectivity index (χ4n) is 7.86. The number of rotatable bonds is 16. The number of hydrogen-bond acceptors (Lipinski definition) is 12. The molecule has 15 heteroatoms. The molecule has 330 valence electrons. The number of aliphatic hydroxyl groups is 3. The van der Waals surface area contributed by atoms with Crippen molar-refractivity contribution in [2.45, 2.75) is 147 Å². The third kappa shape index (κ3) is 13.8. The third-order valence-corrected chi connectivity index (χ3v) is 12.1. The van der Waals surface area contributed by atoms with Crippen LogP contribution in [0.3, 0.4) is 0 Å². The molecule has 0 aromatic carbocycles. The van der Waals surface area contributed by atoms with Gasteiger partial charge in [0.25, 0.3) is 11.8 Å². The molecule has 0 spiro atoms. The average molecular weight is 830 g/mol. The van der Waals surface area contributed by atoms with Crippen LogP contribution >= 0.6 is 0 Å². The summed E-state index contributed by atoms with van der Waals surface area (Å²) in [5, 5.41) is 32.1. The Morgan fingerprint density at radius 3 is 2.37 bits per heavy atom. The van der Waals surface area contributed by atoms with Gasteiger partial charge in [0, 0.05) is 76.7 Å². The number of cyclic esters (lactones) is 1. The summed E-state index contributed by atoms with van der Waals surface area (Å²) >= 11 is 0. The summed E-state index contributed by atoms with van der Waals surface area (Å²) in [7, 11) is 1.51. The van der Waals surface area contributed by atoms with Gasteiger partial charge in [0.15, 0.2) is 6.10 Å². The molecule has 4 amide bonds. The molecule has 3 N–H and O–H groups in total. The van der Waals surface area contributed by atoms with E-state index < -0.39 is 53.6 Å². The van der Waals surface area contributed by atoms with Crippen molar-refractivity contribution >= 4 is 29.8 Å². The summed E-state index contributed by atoms with van der Waals surface area (Å²) in [4.78, 5) is 67.5. The Morgan fingerprint density at radius 2 is 1.73 bits per heavy atom. The first kappa shape index (κ1) is 47.8. The lowest BCUT2D eigenvalue weighted by molar-refractivity contribution is -0.151. The minimum atomic E-state index is -1.18. The van der Waals surface area contributed by atoms with Crippen molar-refractivity contribution in [1.29, 1.82) is 0 Å². The van der Waals surface area contributed by atoms with Crippen LogP contribution in [0.4, 0.5) is 4.79 Å². The Bertz CT molecular complexity index is 1580. The van der Waals surface area contributed by atoms with E-state index in [0.29, 0.717) is 63.7 Å². The molecule has 0 aliphatic carbocycles. The maximum atomic E-state index is 13.6. The highest BCUT2D eigenvalue weighted by Crippen LogP contribution is 2.38. The largest absolute Gasteiger partial charge is 0.457 e. The number of hydrogen-bond donors (Lipinski definition) is 3. The topological polar surface area (TPSA) is 196 Å². The number of amides is 4. The van der Waals surface area contributed by atoms with Gasteiger partial charge in [-0.1, -0.05) is 51.5 Å². The monoisotopic (exact) mass is 829 g/mol. The van der Waals surface area contributed by atoms with E-state index in [1.165, 1.54) is 24.2 Å². The number of piperazine rings is 1. The molecule has 59 heavy (non-hydrogen) atoms. The highest BCUT2D eigenvalue weighted by Gasteiger charge is 2.47. The summed E-state index contributed by atoms with van der Waals surface area (Å²) in [5.41, 5.74) is -1.54. The lowest BCUT2D eigenvalue weighted by atomic mass is 9.88. The van der Waals surface area contributed by atoms with Crippen LogP contribution in [0.25, 0.3) is 0 Å². The summed E-state index contributed by atoms with van der Waals surface area (Å²) in [5.74, 6) is -1.62. The van der Waals surface area contributed by atoms with Gasteiger partial charge in [0.05, 0.1) is 36.4 Å². The van der Waals surface area contributed by atoms with Crippen molar-refractivity contribution < 1.29 is 58.2 Å². The number of allylic oxidation sites excluding steroid dienone is 2. The van der Waals surface area contributed by atoms with Gasteiger partial charge in [0.1, 0.15) is 11.7 Å². The first-order chi connectivity index (χ1) is 27.9. The standard InChI is InChI=1S/C44H67N3O12/c1-8-33(49)31(4)41-34(57-41)28-43(5,55)20-12-13-29(2)40-30(3)15-16-35(44(6,56-7)21-19-32(48)27-39(53)59-40)58-42(54)46-25-23-45(24-26-46)36(50)14-10-9-11-22-47-37(51)17-18-38(47)52/h12-13,15-18,20,30-35,40-41,48-49,55H,8-11,14,19,21-28H2,1-7H3/b16-15?,20-12+,29-13+/t30?,31-,32?,33+,34-,35?,40?,41-,43?,44?/m1/s1. The second-order valence-electron chi connectivity index (χ2n) is 17.0. The molecule has 0 bridgehead atoms. The fraction of sp³-hybridized carbons (Fsp3) is 0.705. The summed E-state index contributed by atoms with van der Waals surface area (Å²) in [6, 6.07) is 0. The molecule has 0 aromatic rings. The first-order valence-corrected chi connectivity index (χ1v) is 21.2. The highest BCUT2D eigenvalue weighted by molar-refractivity contribution is 6.12. The maximum Gasteiger partial charge on any atom is 0.410 e. The van der Waals surface area contributed by atoms with Crippen LogP contribution in [0.2, 0.25) is 0 Å². The average Bonchev–Trinajstić information content (AvgIpc) is 3.89. The molecule has 4 aliphatic heterocycles. The number of epoxide rings is 1. The molecule has 0 saturated carbocycles. The van der Waals surface area contributed by atoms with E-state index >= 15 is 0 Å². The molecule has 2 fully saturated rings. The molecule has 4 aliphatic rings. The van der Waals surface area contributed by atoms with Crippen molar-refractivity contribution in [2.24, 2.45) is 11.8 Å². The van der Waals surface area contributed by atoms with Gasteiger partial charge in [-0.25, -0.2) is 4.79 Å². The van der Waals surface area contributed by atoms with Gasteiger partial charge in [-0.05, 0) is 64.5 Å². The molecule has 15 nitrogen and oxygen atoms in total. The molecular weight excluding hydrogens is 762 g/mol. The van der Waals surface area contributed by atoms with E-state index in [-0.39, 0.29) is 68.2 Å². The zero-order valence-electron chi connectivity index (χ0n) is 35.9. The van der Waals surface area contributed by atoms with E-state index in [1.54, 1.807) is 48.0 Å². The van der Waals surface area contributed by atoms with Crippen LogP contribution in [0, 0.1) is 11.8 Å². The van der Waals surface area contributed by atoms with Crippen molar-refractivity contribution in [1.82, 2.24) is 14.7 Å². The SMILES string of the molecule is CC[C@H](O)[C@@H](C)[C@H]1O[C@@H]1CC(C)(O)/C=C/C=C(\C)C1OC(=O)CC(O)CCC(C)(OC)C(OC(=O)N2CCN(C(=O)CCCCCN3C(=O)C=CC3=O)CC2)C=CC1C. The van der Waals surface area contributed by atoms with Crippen molar-refractivity contribution in [3.05, 3.63) is 48.1 Å². The lowest BCUT2D eigenvalue weighted by Gasteiger charge is -2.38. The highest BCUT2D eigenvalue weighted by atomic mass is 16.6. The quantitative estimate of drug-likeness (QED) is 0.0506. The van der Waals surface area contributed by atoms with Crippen molar-refractivity contribution in [2.75, 3.05) is 39.8 Å². The minimum Gasteiger partial charge on any atom is -0.457 e. The smallest absolute Gasteiger partial charge is 0.410 e. The lowest BCUT2D eigenvalue weighted by Crippen LogP contribution is -2.52. The van der Waals surface area contributed by atoms with Gasteiger partial charge in [-0.3, -0.25) is 24.1 Å². The van der Waals surface area contributed by atoms with Gasteiger partial charge < -0.3 is 44.1 Å². The van der Waals surface area contributed by atoms with Gasteiger partial charge in [-0.2, -0.15) is 0 Å². The maximum absolute atomic E-state index is 13.6. The Hall–Kier alpha value is -3.89. The van der Waals surface area contributed by atoms with E-state index in [4.69, 9.17) is 18.9 Å². The van der Waals surface area contributed by atoms with Gasteiger partial charge in [-0.15, -0.1) is 0 Å². The Labute approximate surface area is 349 Å². The number of unbranched alkanes of at least 4 members (excludes halogenated alkanes) is 2. The molecule has 6 unspecified atom stereocenters. The Balaban J connectivity index is 1.36. The number of carbonyl (C=O) groups is 5. The van der Waals surface area contributed by atoms with Crippen LogP contribution in [0.1, 0.15) is 99.3 Å². The van der Waals surface area contributed by atoms with Gasteiger partial charge >= 0.3 is 12.1 Å². The number of aliphatic hydroxyl groups excluding tert-OH is 2. The van der Waals surface area contributed by atoms with E-state index in [9.17, 15) is 39.3 Å². The molecule has 0 radical (unpaired) electrons. The van der Waals surface area contributed by atoms with Crippen molar-refractivity contribution in [3.8, 4) is 0 Å². The van der Waals surface area contributed by atoms with Crippen LogP contribution in [0.15, 0.2) is 48.1 Å². The van der Waals surface area contributed by atoms with Crippen LogP contribution in [-0.2, 0) is 38.1 Å². The van der Waals surface area contributed by atoms with Crippen LogP contribution in [0.5, 0.6) is 0 Å². The molecular formula is C44H67N3O12. The normalized spacial score (nSPS) is 30.4. The van der Waals surface area contributed by atoms with E-state index in [0.717, 1.165) is 0 Å². The summed E-state index contributed by atoms with van der Waals surface area (Å²) in [6.07, 6.45) is 10.8. The first-order valence-electron chi connectivity index (χ1n) is 21.2. The number of methoxy groups -OCH3 is 1. The van der Waals surface area contributed by atoms with Crippen molar-refractivity contribution in [3.63, 3.8) is 0 Å². The van der Waals surface area contributed by atoms with Gasteiger partial charge in [0.2, 0.25) is 5.91 Å². The van der Waals surface area contributed by atoms with Crippen LogP contribution < -0.4 is 0 Å². The Kier molecular flexibility index (Phi) is 17.5. The van der Waals surface area contributed by atoms with E-state index in [2.05, 4.69) is 0 Å². The van der Waals surface area contributed by atoms with E-state index in [1.807, 2.05) is 33.8 Å². The molecule has 4 heterocycles. The number of esters is 1. The molecule has 2 saturated heterocycles. The predicted molar refractivity (Wildman–Crippen MR) is 218 cm³/mol. The molecule has 4 rings (SSSR count). The number of nitrogens with zero attached hydrogens (tertiary/aromatic N) is 3. The Morgan fingerprint density at radius 1 is 1.07 bits per heavy atom. The number of imide groups is 1. The zero-order chi connectivity index (χ0) is 43.5. The molecule has 10 atom stereocenters. The summed E-state index contributed by atoms with van der Waals surface area (Å²) < 4.78 is 23.7. The summed E-state index contributed by atoms with van der Waals surface area (Å²) in [6.45, 7) is 12.6. The zero-order valence-corrected chi connectivity index (χ0v) is 35.9. The number of ether oxygens (including phenoxy) is 4. The second kappa shape index (κ2) is 21.6. The predicted octanol–water partition coefficient (Wildman–Crippen LogP) is 3.99. The number of carbonyl (C=O) groups excluding carboxylic acids is 5. The fourth-order valence-corrected chi connectivity index (χ4v) is 7.86.